The molecule has 0 aliphatic heterocycles. The Kier molecular flexibility index (Phi) is 6.82. The van der Waals surface area contributed by atoms with Crippen LogP contribution < -0.4 is 5.32 Å². The minimum absolute atomic E-state index is 0.428. The first-order valence-corrected chi connectivity index (χ1v) is 7.27. The number of rotatable bonds is 8. The summed E-state index contributed by atoms with van der Waals surface area (Å²) in [5.41, 5.74) is 0. The number of aryl methyl sites for hydroxylation is 1. The number of nitrogens with one attached hydrogen (secondary N) is 1. The lowest BCUT2D eigenvalue weighted by molar-refractivity contribution is -0.145. The van der Waals surface area contributed by atoms with Gasteiger partial charge in [0.25, 0.3) is 0 Å². The van der Waals surface area contributed by atoms with Crippen molar-refractivity contribution < 1.29 is 13.2 Å². The van der Waals surface area contributed by atoms with Crippen LogP contribution in [0, 0.1) is 6.92 Å². The summed E-state index contributed by atoms with van der Waals surface area (Å²) in [6, 6.07) is 4.10. The number of nitrogens with zero attached hydrogens (tertiary/aromatic N) is 1. The lowest BCUT2D eigenvalue weighted by Gasteiger charge is -2.23. The van der Waals surface area contributed by atoms with Gasteiger partial charge in [0.1, 0.15) is 0 Å². The van der Waals surface area contributed by atoms with E-state index in [9.17, 15) is 13.2 Å². The molecule has 1 N–H and O–H groups in total. The minimum atomic E-state index is -4.11. The molecule has 6 heteroatoms. The summed E-state index contributed by atoms with van der Waals surface area (Å²) in [6.45, 7) is 5.33. The second-order valence-corrected chi connectivity index (χ2v) is 5.95. The van der Waals surface area contributed by atoms with Crippen molar-refractivity contribution in [3.05, 3.63) is 21.9 Å². The average molecular weight is 294 g/mol. The van der Waals surface area contributed by atoms with Crippen LogP contribution in [0.4, 0.5) is 13.2 Å². The van der Waals surface area contributed by atoms with Gasteiger partial charge >= 0.3 is 6.18 Å². The van der Waals surface area contributed by atoms with Crippen molar-refractivity contribution >= 4 is 11.3 Å². The number of thiophene rings is 1. The van der Waals surface area contributed by atoms with Crippen LogP contribution in [0.25, 0.3) is 0 Å². The van der Waals surface area contributed by atoms with Gasteiger partial charge in [-0.2, -0.15) is 13.2 Å². The molecule has 0 saturated heterocycles. The van der Waals surface area contributed by atoms with E-state index in [1.807, 2.05) is 19.9 Å². The van der Waals surface area contributed by atoms with Gasteiger partial charge in [0.05, 0.1) is 6.54 Å². The Balaban J connectivity index is 2.24. The van der Waals surface area contributed by atoms with Crippen LogP contribution in [0.1, 0.15) is 23.1 Å². The maximum absolute atomic E-state index is 12.3. The highest BCUT2D eigenvalue weighted by atomic mass is 32.1. The summed E-state index contributed by atoms with van der Waals surface area (Å²) in [6.07, 6.45) is -3.37. The second kappa shape index (κ2) is 7.87. The normalized spacial score (nSPS) is 12.3. The molecule has 1 aromatic heterocycles. The van der Waals surface area contributed by atoms with Gasteiger partial charge in [-0.05, 0) is 32.0 Å². The summed E-state index contributed by atoms with van der Waals surface area (Å²) in [5.74, 6) is 0. The molecule has 0 saturated carbocycles. The van der Waals surface area contributed by atoms with E-state index >= 15 is 0 Å². The molecule has 2 nitrogen and oxygen atoms in total. The highest BCUT2D eigenvalue weighted by molar-refractivity contribution is 7.11. The maximum Gasteiger partial charge on any atom is 0.401 e. The van der Waals surface area contributed by atoms with E-state index in [1.54, 1.807) is 11.3 Å². The Morgan fingerprint density at radius 2 is 2.00 bits per heavy atom. The third kappa shape index (κ3) is 7.54. The number of halogens is 3. The zero-order chi connectivity index (χ0) is 14.3. The van der Waals surface area contributed by atoms with E-state index in [0.717, 1.165) is 13.0 Å². The number of alkyl halides is 3. The lowest BCUT2D eigenvalue weighted by Crippen LogP contribution is -2.39. The summed E-state index contributed by atoms with van der Waals surface area (Å²) < 4.78 is 37.0. The van der Waals surface area contributed by atoms with Gasteiger partial charge in [0.2, 0.25) is 0 Å². The molecule has 0 unspecified atom stereocenters. The van der Waals surface area contributed by atoms with Gasteiger partial charge in [-0.25, -0.2) is 0 Å². The van der Waals surface area contributed by atoms with E-state index in [1.165, 1.54) is 14.7 Å². The molecule has 0 spiro atoms. The standard InChI is InChI=1S/C13H21F3N2S/c1-3-7-18(10-13(14,15)16)8-6-17-9-12-5-4-11(2)19-12/h4-5,17H,3,6-10H2,1-2H3. The molecule has 0 fully saturated rings. The van der Waals surface area contributed by atoms with Gasteiger partial charge in [-0.1, -0.05) is 6.92 Å². The van der Waals surface area contributed by atoms with Crippen molar-refractivity contribution in [2.75, 3.05) is 26.2 Å². The molecule has 1 rings (SSSR count). The highest BCUT2D eigenvalue weighted by Gasteiger charge is 2.29. The van der Waals surface area contributed by atoms with Crippen molar-refractivity contribution in [1.82, 2.24) is 10.2 Å². The monoisotopic (exact) mass is 294 g/mol. The molecular weight excluding hydrogens is 273 g/mol. The quantitative estimate of drug-likeness (QED) is 0.739. The van der Waals surface area contributed by atoms with E-state index in [-0.39, 0.29) is 0 Å². The topological polar surface area (TPSA) is 15.3 Å². The minimum Gasteiger partial charge on any atom is -0.311 e. The zero-order valence-corrected chi connectivity index (χ0v) is 12.2. The molecule has 0 radical (unpaired) electrons. The van der Waals surface area contributed by atoms with Crippen LogP contribution >= 0.6 is 11.3 Å². The Labute approximate surface area is 116 Å². The number of hydrogen-bond acceptors (Lipinski definition) is 3. The first kappa shape index (κ1) is 16.5. The highest BCUT2D eigenvalue weighted by Crippen LogP contribution is 2.16. The Morgan fingerprint density at radius 3 is 2.53 bits per heavy atom. The SMILES string of the molecule is CCCN(CCNCc1ccc(C)s1)CC(F)(F)F. The van der Waals surface area contributed by atoms with Gasteiger partial charge in [-0.3, -0.25) is 4.90 Å². The fraction of sp³-hybridized carbons (Fsp3) is 0.692. The van der Waals surface area contributed by atoms with Gasteiger partial charge in [-0.15, -0.1) is 11.3 Å². The lowest BCUT2D eigenvalue weighted by atomic mass is 10.3. The third-order valence-electron chi connectivity index (χ3n) is 2.64. The van der Waals surface area contributed by atoms with Crippen molar-refractivity contribution in [2.45, 2.75) is 33.0 Å². The zero-order valence-electron chi connectivity index (χ0n) is 11.4. The van der Waals surface area contributed by atoms with Crippen LogP contribution in [-0.2, 0) is 6.54 Å². The Morgan fingerprint density at radius 1 is 1.26 bits per heavy atom. The van der Waals surface area contributed by atoms with Crippen LogP contribution in [-0.4, -0.2) is 37.3 Å². The van der Waals surface area contributed by atoms with Gasteiger partial charge in [0.15, 0.2) is 0 Å². The van der Waals surface area contributed by atoms with E-state index in [0.29, 0.717) is 19.6 Å². The van der Waals surface area contributed by atoms with Crippen molar-refractivity contribution in [3.8, 4) is 0 Å². The number of hydrogen-bond donors (Lipinski definition) is 1. The van der Waals surface area contributed by atoms with Crippen LogP contribution in [0.3, 0.4) is 0 Å². The molecule has 0 bridgehead atoms. The maximum atomic E-state index is 12.3. The molecule has 110 valence electrons. The van der Waals surface area contributed by atoms with Crippen molar-refractivity contribution in [2.24, 2.45) is 0 Å². The van der Waals surface area contributed by atoms with Gasteiger partial charge < -0.3 is 5.32 Å². The smallest absolute Gasteiger partial charge is 0.311 e. The Bertz CT molecular complexity index is 363. The predicted octanol–water partition coefficient (Wildman–Crippen LogP) is 3.42. The molecule has 1 heterocycles. The summed E-state index contributed by atoms with van der Waals surface area (Å²) in [7, 11) is 0. The fourth-order valence-electron chi connectivity index (χ4n) is 1.87. The Hall–Kier alpha value is -0.590. The van der Waals surface area contributed by atoms with Crippen LogP contribution in [0.2, 0.25) is 0 Å². The molecule has 0 aliphatic carbocycles. The molecular formula is C13H21F3N2S. The second-order valence-electron chi connectivity index (χ2n) is 4.58. The van der Waals surface area contributed by atoms with Crippen molar-refractivity contribution in [3.63, 3.8) is 0 Å². The molecule has 0 aromatic carbocycles. The van der Waals surface area contributed by atoms with Crippen LogP contribution in [0.15, 0.2) is 12.1 Å². The summed E-state index contributed by atoms with van der Waals surface area (Å²) in [5, 5.41) is 3.19. The van der Waals surface area contributed by atoms with E-state index in [2.05, 4.69) is 11.4 Å². The molecule has 0 aliphatic rings. The first-order valence-electron chi connectivity index (χ1n) is 6.46. The first-order chi connectivity index (χ1) is 8.90. The van der Waals surface area contributed by atoms with Gasteiger partial charge in [0, 0.05) is 29.4 Å². The fourth-order valence-corrected chi connectivity index (χ4v) is 2.73. The molecule has 1 aromatic rings. The molecule has 0 atom stereocenters. The predicted molar refractivity (Wildman–Crippen MR) is 73.5 cm³/mol. The average Bonchev–Trinajstić information content (AvgIpc) is 2.68. The molecule has 0 amide bonds. The van der Waals surface area contributed by atoms with Crippen LogP contribution in [0.5, 0.6) is 0 Å². The van der Waals surface area contributed by atoms with E-state index < -0.39 is 12.7 Å². The molecule has 19 heavy (non-hydrogen) atoms. The third-order valence-corrected chi connectivity index (χ3v) is 3.64. The summed E-state index contributed by atoms with van der Waals surface area (Å²) >= 11 is 1.71. The largest absolute Gasteiger partial charge is 0.401 e. The van der Waals surface area contributed by atoms with E-state index in [4.69, 9.17) is 0 Å². The summed E-state index contributed by atoms with van der Waals surface area (Å²) in [4.78, 5) is 3.92. The van der Waals surface area contributed by atoms with Crippen molar-refractivity contribution in [1.29, 1.82) is 0 Å².